The number of aromatic nitrogens is 1. The number of thiazole rings is 1. The van der Waals surface area contributed by atoms with E-state index in [1.807, 2.05) is 20.8 Å². The number of amides is 1. The lowest BCUT2D eigenvalue weighted by Gasteiger charge is -2.35. The predicted molar refractivity (Wildman–Crippen MR) is 89.5 cm³/mol. The van der Waals surface area contributed by atoms with Crippen LogP contribution in [0.4, 0.5) is 4.39 Å². The highest BCUT2D eigenvalue weighted by molar-refractivity contribution is 7.09. The molecule has 1 aromatic heterocycles. The molecule has 0 aliphatic heterocycles. The lowest BCUT2D eigenvalue weighted by molar-refractivity contribution is 0.0558. The maximum absolute atomic E-state index is 13.1. The van der Waals surface area contributed by atoms with Gasteiger partial charge >= 0.3 is 5.97 Å². The third kappa shape index (κ3) is 4.17. The number of rotatable bonds is 4. The van der Waals surface area contributed by atoms with E-state index in [-0.39, 0.29) is 18.1 Å². The van der Waals surface area contributed by atoms with E-state index in [1.165, 1.54) is 42.7 Å². The Morgan fingerprint density at radius 2 is 1.88 bits per heavy atom. The van der Waals surface area contributed by atoms with E-state index in [0.717, 1.165) is 0 Å². The van der Waals surface area contributed by atoms with Crippen LogP contribution in [0.1, 0.15) is 46.6 Å². The third-order valence-electron chi connectivity index (χ3n) is 3.39. The Morgan fingerprint density at radius 1 is 1.25 bits per heavy atom. The minimum Gasteiger partial charge on any atom is -0.464 e. The van der Waals surface area contributed by atoms with Crippen molar-refractivity contribution in [2.45, 2.75) is 32.9 Å². The first-order valence-electron chi connectivity index (χ1n) is 7.32. The van der Waals surface area contributed by atoms with Gasteiger partial charge in [-0.3, -0.25) is 4.79 Å². The van der Waals surface area contributed by atoms with Crippen LogP contribution in [0, 0.1) is 5.82 Å². The second-order valence-electron chi connectivity index (χ2n) is 6.19. The van der Waals surface area contributed by atoms with Crippen molar-refractivity contribution in [3.8, 4) is 0 Å². The number of hydrogen-bond donors (Lipinski definition) is 0. The number of esters is 1. The zero-order chi connectivity index (χ0) is 17.9. The topological polar surface area (TPSA) is 59.5 Å². The molecule has 1 amide bonds. The number of halogens is 1. The Kier molecular flexibility index (Phi) is 5.33. The van der Waals surface area contributed by atoms with Crippen molar-refractivity contribution in [2.24, 2.45) is 0 Å². The summed E-state index contributed by atoms with van der Waals surface area (Å²) < 4.78 is 17.7. The zero-order valence-electron chi connectivity index (χ0n) is 14.0. The van der Waals surface area contributed by atoms with Crippen LogP contribution >= 0.6 is 11.3 Å². The van der Waals surface area contributed by atoms with Gasteiger partial charge in [0.2, 0.25) is 0 Å². The summed E-state index contributed by atoms with van der Waals surface area (Å²) in [4.78, 5) is 30.1. The van der Waals surface area contributed by atoms with E-state index in [2.05, 4.69) is 9.72 Å². The van der Waals surface area contributed by atoms with Crippen LogP contribution in [0.2, 0.25) is 0 Å². The first kappa shape index (κ1) is 18.1. The van der Waals surface area contributed by atoms with Gasteiger partial charge in [-0.05, 0) is 45.0 Å². The largest absolute Gasteiger partial charge is 0.464 e. The molecule has 0 aliphatic carbocycles. The average Bonchev–Trinajstić information content (AvgIpc) is 2.99. The molecule has 7 heteroatoms. The Labute approximate surface area is 144 Å². The minimum absolute atomic E-state index is 0.223. The molecule has 0 spiro atoms. The molecule has 0 saturated carbocycles. The number of benzene rings is 1. The molecule has 2 aromatic rings. The van der Waals surface area contributed by atoms with E-state index in [0.29, 0.717) is 10.6 Å². The summed E-state index contributed by atoms with van der Waals surface area (Å²) in [5.41, 5.74) is 0.152. The SMILES string of the molecule is COC(=O)c1csc(CN(C(=O)c2ccc(F)cc2)C(C)(C)C)n1. The lowest BCUT2D eigenvalue weighted by Crippen LogP contribution is -2.45. The molecular formula is C17H19FN2O3S. The first-order chi connectivity index (χ1) is 11.2. The monoisotopic (exact) mass is 350 g/mol. The highest BCUT2D eigenvalue weighted by Crippen LogP contribution is 2.22. The molecule has 24 heavy (non-hydrogen) atoms. The van der Waals surface area contributed by atoms with E-state index in [1.54, 1.807) is 10.3 Å². The molecule has 0 bridgehead atoms. The summed E-state index contributed by atoms with van der Waals surface area (Å²) in [6.07, 6.45) is 0. The fraction of sp³-hybridized carbons (Fsp3) is 0.353. The molecular weight excluding hydrogens is 331 g/mol. The van der Waals surface area contributed by atoms with Crippen LogP contribution in [-0.4, -0.2) is 34.4 Å². The number of nitrogens with zero attached hydrogens (tertiary/aromatic N) is 2. The zero-order valence-corrected chi connectivity index (χ0v) is 14.8. The van der Waals surface area contributed by atoms with Crippen molar-refractivity contribution in [2.75, 3.05) is 7.11 Å². The summed E-state index contributed by atoms with van der Waals surface area (Å²) in [5, 5.41) is 2.23. The van der Waals surface area contributed by atoms with Gasteiger partial charge < -0.3 is 9.64 Å². The molecule has 2 rings (SSSR count). The quantitative estimate of drug-likeness (QED) is 0.792. The van der Waals surface area contributed by atoms with Crippen molar-refractivity contribution in [1.82, 2.24) is 9.88 Å². The van der Waals surface area contributed by atoms with Gasteiger partial charge in [-0.2, -0.15) is 0 Å². The second kappa shape index (κ2) is 7.09. The second-order valence-corrected chi connectivity index (χ2v) is 7.13. The fourth-order valence-electron chi connectivity index (χ4n) is 2.08. The van der Waals surface area contributed by atoms with Gasteiger partial charge in [-0.25, -0.2) is 14.2 Å². The smallest absolute Gasteiger partial charge is 0.357 e. The Balaban J connectivity index is 2.26. The van der Waals surface area contributed by atoms with Crippen molar-refractivity contribution in [3.63, 3.8) is 0 Å². The van der Waals surface area contributed by atoms with E-state index >= 15 is 0 Å². The van der Waals surface area contributed by atoms with Gasteiger partial charge in [0.25, 0.3) is 5.91 Å². The molecule has 0 atom stereocenters. The summed E-state index contributed by atoms with van der Waals surface area (Å²) in [5.74, 6) is -1.13. The molecule has 1 aromatic carbocycles. The summed E-state index contributed by atoms with van der Waals surface area (Å²) in [6, 6.07) is 5.43. The van der Waals surface area contributed by atoms with Crippen LogP contribution in [0.3, 0.4) is 0 Å². The van der Waals surface area contributed by atoms with E-state index < -0.39 is 17.3 Å². The molecule has 0 unspecified atom stereocenters. The molecule has 128 valence electrons. The molecule has 5 nitrogen and oxygen atoms in total. The molecule has 0 radical (unpaired) electrons. The first-order valence-corrected chi connectivity index (χ1v) is 8.20. The molecule has 0 N–H and O–H groups in total. The minimum atomic E-state index is -0.510. The number of carbonyl (C=O) groups is 2. The summed E-state index contributed by atoms with van der Waals surface area (Å²) in [6.45, 7) is 5.97. The Morgan fingerprint density at radius 3 is 2.42 bits per heavy atom. The standard InChI is InChI=1S/C17H19FN2O3S/c1-17(2,3)20(15(21)11-5-7-12(18)8-6-11)9-14-19-13(10-24-14)16(22)23-4/h5-8,10H,9H2,1-4H3. The fourth-order valence-corrected chi connectivity index (χ4v) is 2.83. The van der Waals surface area contributed by atoms with E-state index in [9.17, 15) is 14.0 Å². The van der Waals surface area contributed by atoms with Crippen LogP contribution in [-0.2, 0) is 11.3 Å². The van der Waals surface area contributed by atoms with Gasteiger partial charge in [0, 0.05) is 16.5 Å². The molecule has 0 aliphatic rings. The normalized spacial score (nSPS) is 11.2. The van der Waals surface area contributed by atoms with Crippen molar-refractivity contribution in [3.05, 3.63) is 51.7 Å². The summed E-state index contributed by atoms with van der Waals surface area (Å²) in [7, 11) is 1.29. The maximum Gasteiger partial charge on any atom is 0.357 e. The summed E-state index contributed by atoms with van der Waals surface area (Å²) >= 11 is 1.29. The number of ether oxygens (including phenoxy) is 1. The average molecular weight is 350 g/mol. The van der Waals surface area contributed by atoms with Gasteiger partial charge in [0.15, 0.2) is 5.69 Å². The van der Waals surface area contributed by atoms with Crippen molar-refractivity contribution in [1.29, 1.82) is 0 Å². The Bertz CT molecular complexity index is 735. The lowest BCUT2D eigenvalue weighted by atomic mass is 10.0. The van der Waals surface area contributed by atoms with Crippen LogP contribution in [0.25, 0.3) is 0 Å². The third-order valence-corrected chi connectivity index (χ3v) is 4.22. The number of methoxy groups -OCH3 is 1. The van der Waals surface area contributed by atoms with Gasteiger partial charge in [0.1, 0.15) is 10.8 Å². The van der Waals surface area contributed by atoms with Crippen LogP contribution in [0.5, 0.6) is 0 Å². The number of hydrogen-bond acceptors (Lipinski definition) is 5. The maximum atomic E-state index is 13.1. The number of carbonyl (C=O) groups excluding carboxylic acids is 2. The van der Waals surface area contributed by atoms with Crippen LogP contribution in [0.15, 0.2) is 29.6 Å². The van der Waals surface area contributed by atoms with Gasteiger partial charge in [0.05, 0.1) is 13.7 Å². The molecule has 0 saturated heterocycles. The predicted octanol–water partition coefficient (Wildman–Crippen LogP) is 3.51. The highest BCUT2D eigenvalue weighted by Gasteiger charge is 2.28. The highest BCUT2D eigenvalue weighted by atomic mass is 32.1. The van der Waals surface area contributed by atoms with Gasteiger partial charge in [-0.1, -0.05) is 0 Å². The molecule has 1 heterocycles. The van der Waals surface area contributed by atoms with E-state index in [4.69, 9.17) is 0 Å². The van der Waals surface area contributed by atoms with Gasteiger partial charge in [-0.15, -0.1) is 11.3 Å². The van der Waals surface area contributed by atoms with Crippen LogP contribution < -0.4 is 0 Å². The molecule has 0 fully saturated rings. The van der Waals surface area contributed by atoms with Crippen molar-refractivity contribution < 1.29 is 18.7 Å². The van der Waals surface area contributed by atoms with Crippen molar-refractivity contribution >= 4 is 23.2 Å². The Hall–Kier alpha value is -2.28.